The highest BCUT2D eigenvalue weighted by Gasteiger charge is 2.20. The number of methoxy groups -OCH3 is 4. The molecule has 4 rings (SSSR count). The molecule has 9 heteroatoms. The summed E-state index contributed by atoms with van der Waals surface area (Å²) < 4.78 is 21.9. The molecule has 0 aliphatic rings. The molecule has 0 saturated heterocycles. The smallest absolute Gasteiger partial charge is 0.366 e. The largest absolute Gasteiger partial charge is 0.493 e. The van der Waals surface area contributed by atoms with Crippen LogP contribution in [0.2, 0.25) is 0 Å². The molecule has 0 spiro atoms. The zero-order valence-corrected chi connectivity index (χ0v) is 21.9. The third kappa shape index (κ3) is 5.31. The van der Waals surface area contributed by atoms with Gasteiger partial charge in [-0.3, -0.25) is 4.98 Å². The van der Waals surface area contributed by atoms with Gasteiger partial charge in [0.2, 0.25) is 0 Å². The van der Waals surface area contributed by atoms with E-state index in [0.29, 0.717) is 45.5 Å². The van der Waals surface area contributed by atoms with Crippen LogP contribution in [0.5, 0.6) is 23.0 Å². The van der Waals surface area contributed by atoms with E-state index in [2.05, 4.69) is 10.1 Å². The van der Waals surface area contributed by atoms with Gasteiger partial charge in [0.25, 0.3) is 0 Å². The monoisotopic (exact) mass is 518 g/mol. The van der Waals surface area contributed by atoms with Gasteiger partial charge in [0.15, 0.2) is 23.0 Å². The molecule has 37 heavy (non-hydrogen) atoms. The first-order valence-corrected chi connectivity index (χ1v) is 12.4. The Kier molecular flexibility index (Phi) is 8.15. The van der Waals surface area contributed by atoms with Crippen LogP contribution in [0.1, 0.15) is 21.6 Å². The van der Waals surface area contributed by atoms with Crippen LogP contribution in [-0.4, -0.2) is 51.4 Å². The van der Waals surface area contributed by atoms with Crippen molar-refractivity contribution in [3.05, 3.63) is 83.7 Å². The third-order valence-corrected chi connectivity index (χ3v) is 6.49. The lowest BCUT2D eigenvalue weighted by atomic mass is 10.0. The third-order valence-electron chi connectivity index (χ3n) is 5.70. The summed E-state index contributed by atoms with van der Waals surface area (Å²) in [7, 11) is 6.25. The minimum absolute atomic E-state index is 0.328. The van der Waals surface area contributed by atoms with Gasteiger partial charge < -0.3 is 23.8 Å². The van der Waals surface area contributed by atoms with Gasteiger partial charge in [0.05, 0.1) is 34.0 Å². The van der Waals surface area contributed by atoms with Crippen molar-refractivity contribution >= 4 is 34.2 Å². The predicted octanol–water partition coefficient (Wildman–Crippen LogP) is 5.60. The van der Waals surface area contributed by atoms with Crippen molar-refractivity contribution in [2.24, 2.45) is 5.16 Å². The first-order chi connectivity index (χ1) is 18.0. The molecule has 0 radical (unpaired) electrons. The topological polar surface area (TPSA) is 88.5 Å². The molecule has 3 aromatic carbocycles. The van der Waals surface area contributed by atoms with Crippen molar-refractivity contribution in [2.75, 3.05) is 34.7 Å². The number of aromatic nitrogens is 1. The van der Waals surface area contributed by atoms with Crippen LogP contribution in [0.25, 0.3) is 10.8 Å². The minimum Gasteiger partial charge on any atom is -0.493 e. The van der Waals surface area contributed by atoms with E-state index in [0.717, 1.165) is 15.7 Å². The molecular formula is C28H26N2O6S. The average Bonchev–Trinajstić information content (AvgIpc) is 2.96. The average molecular weight is 519 g/mol. The Morgan fingerprint density at radius 2 is 1.49 bits per heavy atom. The number of nitrogens with zero attached hydrogens (tertiary/aromatic N) is 2. The highest BCUT2D eigenvalue weighted by molar-refractivity contribution is 7.98. The number of benzene rings is 3. The second kappa shape index (κ2) is 11.7. The molecule has 0 saturated carbocycles. The fourth-order valence-corrected chi connectivity index (χ4v) is 4.44. The molecule has 8 nitrogen and oxygen atoms in total. The van der Waals surface area contributed by atoms with Crippen molar-refractivity contribution in [1.82, 2.24) is 4.98 Å². The molecule has 190 valence electrons. The summed E-state index contributed by atoms with van der Waals surface area (Å²) in [6, 6.07) is 18.0. The Hall–Kier alpha value is -4.24. The summed E-state index contributed by atoms with van der Waals surface area (Å²) in [5, 5.41) is 5.90. The lowest BCUT2D eigenvalue weighted by Gasteiger charge is -2.14. The number of thioether (sulfide) groups is 1. The Labute approximate surface area is 219 Å². The van der Waals surface area contributed by atoms with Crippen LogP contribution in [0.4, 0.5) is 0 Å². The number of rotatable bonds is 9. The summed E-state index contributed by atoms with van der Waals surface area (Å²) in [6.45, 7) is 0. The Bertz CT molecular complexity index is 1470. The highest BCUT2D eigenvalue weighted by atomic mass is 32.2. The second-order valence-corrected chi connectivity index (χ2v) is 8.52. The number of fused-ring (bicyclic) bond motifs is 1. The highest BCUT2D eigenvalue weighted by Crippen LogP contribution is 2.35. The van der Waals surface area contributed by atoms with Crippen LogP contribution < -0.4 is 18.9 Å². The summed E-state index contributed by atoms with van der Waals surface area (Å²) in [4.78, 5) is 23.9. The first-order valence-electron chi connectivity index (χ1n) is 11.2. The number of hydrogen-bond donors (Lipinski definition) is 0. The quantitative estimate of drug-likeness (QED) is 0.122. The number of carbonyl (C=O) groups is 1. The van der Waals surface area contributed by atoms with Gasteiger partial charge in [0, 0.05) is 22.0 Å². The van der Waals surface area contributed by atoms with Crippen molar-refractivity contribution in [3.8, 4) is 23.0 Å². The molecule has 1 aromatic heterocycles. The lowest BCUT2D eigenvalue weighted by molar-refractivity contribution is 0.0513. The van der Waals surface area contributed by atoms with Gasteiger partial charge in [-0.25, -0.2) is 4.79 Å². The molecule has 1 heterocycles. The van der Waals surface area contributed by atoms with Crippen LogP contribution in [0.15, 0.2) is 76.9 Å². The maximum absolute atomic E-state index is 13.0. The van der Waals surface area contributed by atoms with Crippen LogP contribution in [-0.2, 0) is 4.84 Å². The predicted molar refractivity (Wildman–Crippen MR) is 144 cm³/mol. The molecule has 0 atom stereocenters. The van der Waals surface area contributed by atoms with Gasteiger partial charge >= 0.3 is 5.97 Å². The van der Waals surface area contributed by atoms with E-state index < -0.39 is 5.97 Å². The zero-order valence-electron chi connectivity index (χ0n) is 21.1. The fourth-order valence-electron chi connectivity index (χ4n) is 3.85. The summed E-state index contributed by atoms with van der Waals surface area (Å²) in [5.41, 5.74) is 1.84. The summed E-state index contributed by atoms with van der Waals surface area (Å²) in [6.07, 6.45) is 3.55. The van der Waals surface area contributed by atoms with E-state index in [9.17, 15) is 4.79 Å². The number of hydrogen-bond acceptors (Lipinski definition) is 9. The standard InChI is InChI=1S/C28H26N2O6S/c1-32-21-11-10-18(15-22(21)33-2)26(30-36-28(31)19-8-6-7-9-25(19)37-5)27-20-16-24(35-4)23(34-3)14-17(20)12-13-29-27/h6-16H,1-5H3/b30-26+. The molecule has 0 amide bonds. The Morgan fingerprint density at radius 3 is 2.19 bits per heavy atom. The van der Waals surface area contributed by atoms with Crippen LogP contribution in [0.3, 0.4) is 0 Å². The molecule has 0 bridgehead atoms. The maximum atomic E-state index is 13.0. The number of oxime groups is 1. The molecule has 0 aliphatic carbocycles. The van der Waals surface area contributed by atoms with E-state index in [4.69, 9.17) is 23.8 Å². The number of pyridine rings is 1. The fraction of sp³-hybridized carbons (Fsp3) is 0.179. The summed E-state index contributed by atoms with van der Waals surface area (Å²) >= 11 is 1.45. The van der Waals surface area contributed by atoms with E-state index in [1.807, 2.05) is 36.6 Å². The van der Waals surface area contributed by atoms with Crippen molar-refractivity contribution in [3.63, 3.8) is 0 Å². The van der Waals surface area contributed by atoms with Crippen molar-refractivity contribution in [2.45, 2.75) is 4.90 Å². The van der Waals surface area contributed by atoms with Gasteiger partial charge in [-0.15, -0.1) is 11.8 Å². The maximum Gasteiger partial charge on any atom is 0.366 e. The van der Waals surface area contributed by atoms with Gasteiger partial charge in [0.1, 0.15) is 11.4 Å². The number of carbonyl (C=O) groups excluding carboxylic acids is 1. The van der Waals surface area contributed by atoms with Crippen molar-refractivity contribution < 1.29 is 28.6 Å². The molecule has 0 unspecified atom stereocenters. The SMILES string of the molecule is COc1ccc(/C(=N\OC(=O)c2ccccc2SC)c2nccc3cc(OC)c(OC)cc23)cc1OC. The normalized spacial score (nSPS) is 11.2. The Morgan fingerprint density at radius 1 is 0.811 bits per heavy atom. The van der Waals surface area contributed by atoms with E-state index in [1.165, 1.54) is 11.8 Å². The van der Waals surface area contributed by atoms with Crippen LogP contribution in [0, 0.1) is 0 Å². The van der Waals surface area contributed by atoms with E-state index >= 15 is 0 Å². The van der Waals surface area contributed by atoms with E-state index in [-0.39, 0.29) is 0 Å². The molecular weight excluding hydrogens is 492 g/mol. The number of ether oxygens (including phenoxy) is 4. The second-order valence-electron chi connectivity index (χ2n) is 7.68. The van der Waals surface area contributed by atoms with Crippen molar-refractivity contribution in [1.29, 1.82) is 0 Å². The first kappa shape index (κ1) is 25.8. The minimum atomic E-state index is -0.581. The molecule has 0 aliphatic heterocycles. The zero-order chi connectivity index (χ0) is 26.4. The Balaban J connectivity index is 1.90. The summed E-state index contributed by atoms with van der Waals surface area (Å²) in [5.74, 6) is 1.57. The van der Waals surface area contributed by atoms with Crippen LogP contribution >= 0.6 is 11.8 Å². The van der Waals surface area contributed by atoms with Gasteiger partial charge in [-0.2, -0.15) is 0 Å². The van der Waals surface area contributed by atoms with Gasteiger partial charge in [-0.05, 0) is 60.2 Å². The van der Waals surface area contributed by atoms with E-state index in [1.54, 1.807) is 65.0 Å². The molecule has 0 N–H and O–H groups in total. The lowest BCUT2D eigenvalue weighted by Crippen LogP contribution is -2.11. The molecule has 4 aromatic rings. The molecule has 0 fully saturated rings. The van der Waals surface area contributed by atoms with Gasteiger partial charge in [-0.1, -0.05) is 17.3 Å².